The second kappa shape index (κ2) is 3.22. The Kier molecular flexibility index (Phi) is 2.28. The molecule has 0 aliphatic carbocycles. The first kappa shape index (κ1) is 7.08. The molecular weight excluding hydrogens is 156 g/mol. The summed E-state index contributed by atoms with van der Waals surface area (Å²) in [7, 11) is 0. The van der Waals surface area contributed by atoms with Gasteiger partial charge in [-0.1, -0.05) is 0 Å². The van der Waals surface area contributed by atoms with Gasteiger partial charge < -0.3 is 4.74 Å². The van der Waals surface area contributed by atoms with Gasteiger partial charge in [-0.05, 0) is 0 Å². The minimum absolute atomic E-state index is 0.154. The highest BCUT2D eigenvalue weighted by atomic mass is 35.5. The van der Waals surface area contributed by atoms with Crippen LogP contribution < -0.4 is 4.74 Å². The summed E-state index contributed by atoms with van der Waals surface area (Å²) in [5.74, 6) is -0.337. The van der Waals surface area contributed by atoms with Crippen LogP contribution in [0.2, 0.25) is 0 Å². The molecule has 0 fully saturated rings. The molecule has 0 aromatic carbocycles. The number of aromatic amines is 1. The molecule has 0 atom stereocenters. The second-order valence-corrected chi connectivity index (χ2v) is 1.80. The van der Waals surface area contributed by atoms with Crippen molar-refractivity contribution in [2.45, 2.75) is 0 Å². The summed E-state index contributed by atoms with van der Waals surface area (Å²) in [5, 5.41) is 6.01. The smallest absolute Gasteiger partial charge is 0.327 e. The molecule has 0 unspecified atom stereocenters. The number of H-pyrrole nitrogens is 1. The molecular formula is C5H5ClN2O2. The zero-order valence-electron chi connectivity index (χ0n) is 5.00. The van der Waals surface area contributed by atoms with Crippen LogP contribution in [0.3, 0.4) is 0 Å². The molecule has 5 heteroatoms. The zero-order valence-corrected chi connectivity index (χ0v) is 5.76. The summed E-state index contributed by atoms with van der Waals surface area (Å²) in [4.78, 5) is 10.5. The molecule has 1 aromatic heterocycles. The minimum Gasteiger partial charge on any atom is -0.407 e. The predicted octanol–water partition coefficient (Wildman–Crippen LogP) is 0.554. The number of carbonyl (C=O) groups excluding carboxylic acids is 1. The maximum atomic E-state index is 10.5. The van der Waals surface area contributed by atoms with E-state index in [-0.39, 0.29) is 5.88 Å². The lowest BCUT2D eigenvalue weighted by molar-refractivity contribution is -0.131. The predicted molar refractivity (Wildman–Crippen MR) is 34.9 cm³/mol. The maximum Gasteiger partial charge on any atom is 0.327 e. The molecule has 1 heterocycles. The van der Waals surface area contributed by atoms with Crippen molar-refractivity contribution in [3.63, 3.8) is 0 Å². The highest BCUT2D eigenvalue weighted by Crippen LogP contribution is 2.01. The van der Waals surface area contributed by atoms with Crippen LogP contribution in [0.25, 0.3) is 0 Å². The van der Waals surface area contributed by atoms with Crippen LogP contribution in [0.4, 0.5) is 0 Å². The Bertz CT molecular complexity index is 209. The molecule has 0 amide bonds. The van der Waals surface area contributed by atoms with E-state index in [2.05, 4.69) is 14.9 Å². The van der Waals surface area contributed by atoms with Crippen molar-refractivity contribution in [2.75, 3.05) is 5.88 Å². The Morgan fingerprint density at radius 2 is 2.70 bits per heavy atom. The molecule has 0 saturated carbocycles. The number of nitrogens with one attached hydrogen (secondary N) is 1. The fraction of sp³-hybridized carbons (Fsp3) is 0.200. The number of aromatic nitrogens is 2. The molecule has 0 aliphatic heterocycles. The van der Waals surface area contributed by atoms with Gasteiger partial charge in [0.05, 0.1) is 6.20 Å². The molecule has 10 heavy (non-hydrogen) atoms. The number of ether oxygens (including phenoxy) is 1. The molecule has 1 rings (SSSR count). The van der Waals surface area contributed by atoms with Gasteiger partial charge in [0.2, 0.25) is 5.88 Å². The van der Waals surface area contributed by atoms with Gasteiger partial charge in [-0.2, -0.15) is 5.10 Å². The molecule has 1 N–H and O–H groups in total. The number of rotatable bonds is 2. The van der Waals surface area contributed by atoms with Crippen LogP contribution in [-0.4, -0.2) is 22.0 Å². The number of carbonyl (C=O) groups is 1. The van der Waals surface area contributed by atoms with E-state index >= 15 is 0 Å². The molecule has 0 radical (unpaired) electrons. The van der Waals surface area contributed by atoms with Gasteiger partial charge in [-0.3, -0.25) is 4.79 Å². The number of halogens is 1. The fourth-order valence-corrected chi connectivity index (χ4v) is 0.504. The van der Waals surface area contributed by atoms with Gasteiger partial charge in [0.25, 0.3) is 0 Å². The molecule has 0 saturated heterocycles. The summed E-state index contributed by atoms with van der Waals surface area (Å²) < 4.78 is 4.61. The third-order valence-corrected chi connectivity index (χ3v) is 1.03. The van der Waals surface area contributed by atoms with Gasteiger partial charge in [-0.25, -0.2) is 5.10 Å². The Balaban J connectivity index is 2.48. The summed E-state index contributed by atoms with van der Waals surface area (Å²) in [6.45, 7) is 0. The van der Waals surface area contributed by atoms with Crippen molar-refractivity contribution < 1.29 is 9.53 Å². The Labute approximate surface area is 62.1 Å². The lowest BCUT2D eigenvalue weighted by Gasteiger charge is -1.94. The van der Waals surface area contributed by atoms with E-state index in [4.69, 9.17) is 11.6 Å². The fourth-order valence-electron chi connectivity index (χ4n) is 0.450. The number of alkyl halides is 1. The molecule has 0 aliphatic rings. The highest BCUT2D eigenvalue weighted by Gasteiger charge is 2.01. The summed E-state index contributed by atoms with van der Waals surface area (Å²) in [6.07, 6.45) is 1.48. The van der Waals surface area contributed by atoms with E-state index in [0.29, 0.717) is 5.88 Å². The topological polar surface area (TPSA) is 55.0 Å². The Morgan fingerprint density at radius 1 is 1.90 bits per heavy atom. The zero-order chi connectivity index (χ0) is 7.40. The van der Waals surface area contributed by atoms with E-state index < -0.39 is 5.97 Å². The first-order chi connectivity index (χ1) is 4.83. The van der Waals surface area contributed by atoms with Crippen LogP contribution >= 0.6 is 11.6 Å². The maximum absolute atomic E-state index is 10.5. The Morgan fingerprint density at radius 3 is 3.20 bits per heavy atom. The molecule has 54 valence electrons. The number of hydrogen-bond donors (Lipinski definition) is 1. The molecule has 0 bridgehead atoms. The van der Waals surface area contributed by atoms with Crippen molar-refractivity contribution in [3.8, 4) is 5.88 Å². The first-order valence-electron chi connectivity index (χ1n) is 2.59. The van der Waals surface area contributed by atoms with E-state index in [9.17, 15) is 4.79 Å². The van der Waals surface area contributed by atoms with E-state index in [1.165, 1.54) is 12.3 Å². The summed E-state index contributed by atoms with van der Waals surface area (Å²) >= 11 is 5.16. The average molecular weight is 161 g/mol. The van der Waals surface area contributed by atoms with Crippen molar-refractivity contribution in [2.24, 2.45) is 0 Å². The summed E-state index contributed by atoms with van der Waals surface area (Å²) in [5.41, 5.74) is 0. The van der Waals surface area contributed by atoms with Crippen molar-refractivity contribution in [1.29, 1.82) is 0 Å². The van der Waals surface area contributed by atoms with Crippen LogP contribution in [0.1, 0.15) is 0 Å². The van der Waals surface area contributed by atoms with Crippen LogP contribution in [0, 0.1) is 0 Å². The van der Waals surface area contributed by atoms with E-state index in [1.54, 1.807) is 0 Å². The van der Waals surface area contributed by atoms with Crippen LogP contribution in [0.15, 0.2) is 12.3 Å². The number of hydrogen-bond acceptors (Lipinski definition) is 3. The highest BCUT2D eigenvalue weighted by molar-refractivity contribution is 6.26. The Hall–Kier alpha value is -1.03. The normalized spacial score (nSPS) is 9.30. The third kappa shape index (κ3) is 1.73. The monoisotopic (exact) mass is 160 g/mol. The van der Waals surface area contributed by atoms with E-state index in [0.717, 1.165) is 0 Å². The standard InChI is InChI=1S/C5H5ClN2O2/c6-3-5(9)10-4-1-2-7-8-4/h1-2H,3H2,(H,7,8). The summed E-state index contributed by atoms with van der Waals surface area (Å²) in [6, 6.07) is 1.53. The van der Waals surface area contributed by atoms with Crippen LogP contribution in [0.5, 0.6) is 5.88 Å². The van der Waals surface area contributed by atoms with Crippen molar-refractivity contribution in [3.05, 3.63) is 12.3 Å². The quantitative estimate of drug-likeness (QED) is 0.508. The minimum atomic E-state index is -0.495. The number of esters is 1. The van der Waals surface area contributed by atoms with Gasteiger partial charge >= 0.3 is 5.97 Å². The second-order valence-electron chi connectivity index (χ2n) is 1.53. The molecule has 4 nitrogen and oxygen atoms in total. The molecule has 0 spiro atoms. The van der Waals surface area contributed by atoms with Gasteiger partial charge in [0.15, 0.2) is 0 Å². The largest absolute Gasteiger partial charge is 0.407 e. The average Bonchev–Trinajstić information content (AvgIpc) is 2.40. The van der Waals surface area contributed by atoms with Crippen molar-refractivity contribution in [1.82, 2.24) is 10.2 Å². The molecule has 1 aromatic rings. The lowest BCUT2D eigenvalue weighted by Crippen LogP contribution is -2.08. The first-order valence-corrected chi connectivity index (χ1v) is 3.12. The van der Waals surface area contributed by atoms with Gasteiger partial charge in [0, 0.05) is 6.07 Å². The number of nitrogens with zero attached hydrogens (tertiary/aromatic N) is 1. The third-order valence-electron chi connectivity index (χ3n) is 0.808. The van der Waals surface area contributed by atoms with Crippen molar-refractivity contribution >= 4 is 17.6 Å². The SMILES string of the molecule is O=C(CCl)Oc1ccn[nH]1. The van der Waals surface area contributed by atoms with Crippen LogP contribution in [-0.2, 0) is 4.79 Å². The van der Waals surface area contributed by atoms with E-state index in [1.807, 2.05) is 0 Å². The lowest BCUT2D eigenvalue weighted by atomic mass is 10.7. The van der Waals surface area contributed by atoms with Gasteiger partial charge in [0.1, 0.15) is 5.88 Å². The van der Waals surface area contributed by atoms with Gasteiger partial charge in [-0.15, -0.1) is 11.6 Å².